The Morgan fingerprint density at radius 3 is 2.78 bits per heavy atom. The molecule has 0 radical (unpaired) electrons. The molecule has 2 rings (SSSR count). The number of rotatable bonds is 3. The van der Waals surface area contributed by atoms with Crippen LogP contribution in [-0.2, 0) is 0 Å². The summed E-state index contributed by atoms with van der Waals surface area (Å²) in [6.45, 7) is 3.75. The highest BCUT2D eigenvalue weighted by atomic mass is 16.3. The van der Waals surface area contributed by atoms with Gasteiger partial charge in [0.25, 0.3) is 5.91 Å². The third kappa shape index (κ3) is 2.53. The highest BCUT2D eigenvalue weighted by molar-refractivity contribution is 5.95. The summed E-state index contributed by atoms with van der Waals surface area (Å²) in [5, 5.41) is 2.87. The molecule has 0 bridgehead atoms. The molecule has 0 fully saturated rings. The van der Waals surface area contributed by atoms with Crippen LogP contribution >= 0.6 is 0 Å². The summed E-state index contributed by atoms with van der Waals surface area (Å²) >= 11 is 0. The predicted octanol–water partition coefficient (Wildman–Crippen LogP) is 2.66. The minimum absolute atomic E-state index is 0.137. The van der Waals surface area contributed by atoms with Gasteiger partial charge in [-0.05, 0) is 49.7 Å². The standard InChI is InChI=1S/C14H16N2O2/c1-9-8-11(5-6-12(9)15)14(17)16-10(2)13-4-3-7-18-13/h3-8,10H,15H2,1-2H3,(H,16,17)/t10-/m1/s1. The molecule has 4 heteroatoms. The fourth-order valence-corrected chi connectivity index (χ4v) is 1.71. The van der Waals surface area contributed by atoms with Gasteiger partial charge in [-0.2, -0.15) is 0 Å². The van der Waals surface area contributed by atoms with Crippen molar-refractivity contribution in [1.29, 1.82) is 0 Å². The van der Waals surface area contributed by atoms with E-state index in [9.17, 15) is 4.79 Å². The third-order valence-corrected chi connectivity index (χ3v) is 2.85. The molecule has 4 nitrogen and oxygen atoms in total. The van der Waals surface area contributed by atoms with Gasteiger partial charge in [0, 0.05) is 11.3 Å². The number of nitrogens with one attached hydrogen (secondary N) is 1. The molecule has 2 aromatic rings. The van der Waals surface area contributed by atoms with Crippen molar-refractivity contribution in [2.24, 2.45) is 0 Å². The van der Waals surface area contributed by atoms with Gasteiger partial charge in [-0.3, -0.25) is 4.79 Å². The zero-order chi connectivity index (χ0) is 13.1. The molecule has 1 atom stereocenters. The number of nitrogens with two attached hydrogens (primary N) is 1. The lowest BCUT2D eigenvalue weighted by atomic mass is 10.1. The number of aryl methyl sites for hydroxylation is 1. The number of furan rings is 1. The van der Waals surface area contributed by atoms with E-state index in [0.29, 0.717) is 11.3 Å². The number of hydrogen-bond donors (Lipinski definition) is 2. The average molecular weight is 244 g/mol. The van der Waals surface area contributed by atoms with Gasteiger partial charge in [0.1, 0.15) is 5.76 Å². The van der Waals surface area contributed by atoms with Crippen molar-refractivity contribution in [3.05, 3.63) is 53.5 Å². The maximum absolute atomic E-state index is 12.0. The minimum atomic E-state index is -0.162. The lowest BCUT2D eigenvalue weighted by Crippen LogP contribution is -2.26. The van der Waals surface area contributed by atoms with Crippen LogP contribution in [0.3, 0.4) is 0 Å². The van der Waals surface area contributed by atoms with Crippen LogP contribution in [0.25, 0.3) is 0 Å². The summed E-state index contributed by atoms with van der Waals surface area (Å²) in [7, 11) is 0. The maximum atomic E-state index is 12.0. The van der Waals surface area contributed by atoms with Gasteiger partial charge >= 0.3 is 0 Å². The molecule has 0 aliphatic rings. The number of hydrogen-bond acceptors (Lipinski definition) is 3. The van der Waals surface area contributed by atoms with Crippen molar-refractivity contribution in [2.45, 2.75) is 19.9 Å². The molecule has 1 aromatic carbocycles. The Labute approximate surface area is 106 Å². The number of carbonyl (C=O) groups excluding carboxylic acids is 1. The number of nitrogen functional groups attached to an aromatic ring is 1. The van der Waals surface area contributed by atoms with Crippen LogP contribution in [0.5, 0.6) is 0 Å². The average Bonchev–Trinajstić information content (AvgIpc) is 2.86. The summed E-state index contributed by atoms with van der Waals surface area (Å²) in [5.74, 6) is 0.595. The molecule has 1 heterocycles. The van der Waals surface area contributed by atoms with Gasteiger partial charge in [-0.25, -0.2) is 0 Å². The van der Waals surface area contributed by atoms with Crippen LogP contribution in [0.15, 0.2) is 41.0 Å². The highest BCUT2D eigenvalue weighted by Gasteiger charge is 2.13. The van der Waals surface area contributed by atoms with Crippen molar-refractivity contribution in [1.82, 2.24) is 5.32 Å². The van der Waals surface area contributed by atoms with Crippen LogP contribution in [0.1, 0.15) is 34.6 Å². The van der Waals surface area contributed by atoms with E-state index in [1.807, 2.05) is 19.9 Å². The summed E-state index contributed by atoms with van der Waals surface area (Å²) in [4.78, 5) is 12.0. The van der Waals surface area contributed by atoms with Gasteiger partial charge in [0.15, 0.2) is 0 Å². The Balaban J connectivity index is 2.10. The highest BCUT2D eigenvalue weighted by Crippen LogP contribution is 2.16. The largest absolute Gasteiger partial charge is 0.467 e. The van der Waals surface area contributed by atoms with Crippen molar-refractivity contribution >= 4 is 11.6 Å². The van der Waals surface area contributed by atoms with Crippen molar-refractivity contribution < 1.29 is 9.21 Å². The molecule has 18 heavy (non-hydrogen) atoms. The lowest BCUT2D eigenvalue weighted by molar-refractivity contribution is 0.0935. The molecule has 94 valence electrons. The predicted molar refractivity (Wildman–Crippen MR) is 70.2 cm³/mol. The fraction of sp³-hybridized carbons (Fsp3) is 0.214. The van der Waals surface area contributed by atoms with E-state index < -0.39 is 0 Å². The second-order valence-electron chi connectivity index (χ2n) is 4.28. The van der Waals surface area contributed by atoms with E-state index in [1.54, 1.807) is 30.5 Å². The summed E-state index contributed by atoms with van der Waals surface area (Å²) < 4.78 is 5.24. The zero-order valence-electron chi connectivity index (χ0n) is 10.4. The van der Waals surface area contributed by atoms with Gasteiger partial charge in [0.05, 0.1) is 12.3 Å². The normalized spacial score (nSPS) is 12.1. The first-order valence-corrected chi connectivity index (χ1v) is 5.78. The SMILES string of the molecule is Cc1cc(C(=O)N[C@H](C)c2ccco2)ccc1N. The number of benzene rings is 1. The van der Waals surface area contributed by atoms with Crippen LogP contribution < -0.4 is 11.1 Å². The Kier molecular flexibility index (Phi) is 3.37. The zero-order valence-corrected chi connectivity index (χ0v) is 10.4. The first-order valence-electron chi connectivity index (χ1n) is 5.78. The van der Waals surface area contributed by atoms with E-state index in [0.717, 1.165) is 11.3 Å². The molecule has 3 N–H and O–H groups in total. The number of amides is 1. The third-order valence-electron chi connectivity index (χ3n) is 2.85. The second kappa shape index (κ2) is 4.96. The van der Waals surface area contributed by atoms with E-state index in [1.165, 1.54) is 0 Å². The second-order valence-corrected chi connectivity index (χ2v) is 4.28. The van der Waals surface area contributed by atoms with Gasteiger partial charge in [-0.1, -0.05) is 0 Å². The minimum Gasteiger partial charge on any atom is -0.467 e. The molecule has 0 aliphatic heterocycles. The number of anilines is 1. The van der Waals surface area contributed by atoms with E-state index in [-0.39, 0.29) is 11.9 Å². The van der Waals surface area contributed by atoms with Crippen LogP contribution in [0.2, 0.25) is 0 Å². The van der Waals surface area contributed by atoms with Crippen LogP contribution in [0.4, 0.5) is 5.69 Å². The quantitative estimate of drug-likeness (QED) is 0.815. The molecule has 1 amide bonds. The Bertz CT molecular complexity index is 547. The summed E-state index contributed by atoms with van der Waals surface area (Å²) in [6.07, 6.45) is 1.59. The number of carbonyl (C=O) groups is 1. The Morgan fingerprint density at radius 1 is 1.39 bits per heavy atom. The fourth-order valence-electron chi connectivity index (χ4n) is 1.71. The van der Waals surface area contributed by atoms with Gasteiger partial charge in [-0.15, -0.1) is 0 Å². The van der Waals surface area contributed by atoms with Gasteiger partial charge < -0.3 is 15.5 Å². The lowest BCUT2D eigenvalue weighted by Gasteiger charge is -2.12. The van der Waals surface area contributed by atoms with Crippen molar-refractivity contribution in [2.75, 3.05) is 5.73 Å². The van der Waals surface area contributed by atoms with E-state index in [2.05, 4.69) is 5.32 Å². The van der Waals surface area contributed by atoms with Gasteiger partial charge in [0.2, 0.25) is 0 Å². The topological polar surface area (TPSA) is 68.3 Å². The summed E-state index contributed by atoms with van der Waals surface area (Å²) in [6, 6.07) is 8.70. The Morgan fingerprint density at radius 2 is 2.17 bits per heavy atom. The molecule has 0 unspecified atom stereocenters. The molecule has 1 aromatic heterocycles. The smallest absolute Gasteiger partial charge is 0.251 e. The maximum Gasteiger partial charge on any atom is 0.251 e. The van der Waals surface area contributed by atoms with Crippen LogP contribution in [-0.4, -0.2) is 5.91 Å². The van der Waals surface area contributed by atoms with Crippen LogP contribution in [0, 0.1) is 6.92 Å². The summed E-state index contributed by atoms with van der Waals surface area (Å²) in [5.41, 5.74) is 7.90. The Hall–Kier alpha value is -2.23. The molecular formula is C14H16N2O2. The van der Waals surface area contributed by atoms with Crippen molar-refractivity contribution in [3.8, 4) is 0 Å². The molecule has 0 saturated carbocycles. The first kappa shape index (κ1) is 12.2. The molecule has 0 saturated heterocycles. The monoisotopic (exact) mass is 244 g/mol. The molecule has 0 spiro atoms. The first-order chi connectivity index (χ1) is 8.58. The van der Waals surface area contributed by atoms with E-state index >= 15 is 0 Å². The molecular weight excluding hydrogens is 228 g/mol. The van der Waals surface area contributed by atoms with E-state index in [4.69, 9.17) is 10.2 Å². The van der Waals surface area contributed by atoms with Crippen molar-refractivity contribution in [3.63, 3.8) is 0 Å². The molecule has 0 aliphatic carbocycles.